The first-order valence-corrected chi connectivity index (χ1v) is 7.11. The number of nitrogens with zero attached hydrogens (tertiary/aromatic N) is 2. The van der Waals surface area contributed by atoms with Gasteiger partial charge in [0.25, 0.3) is 5.91 Å². The van der Waals surface area contributed by atoms with E-state index in [1.165, 1.54) is 18.1 Å². The van der Waals surface area contributed by atoms with Gasteiger partial charge in [0.2, 0.25) is 0 Å². The molecule has 94 valence electrons. The standard InChI is InChI=1S/C13H14IN3O/c1-17(13(18)12-7-15-9-16-12)8-11-4-2-10(6-14)3-5-11/h2-5,7,9H,6,8H2,1H3,(H,15,16). The molecule has 0 spiro atoms. The van der Waals surface area contributed by atoms with E-state index in [0.29, 0.717) is 12.2 Å². The summed E-state index contributed by atoms with van der Waals surface area (Å²) in [6.45, 7) is 0.597. The fourth-order valence-electron chi connectivity index (χ4n) is 1.66. The topological polar surface area (TPSA) is 49.0 Å². The Kier molecular flexibility index (Phi) is 4.35. The molecule has 0 aliphatic rings. The number of halogens is 1. The van der Waals surface area contributed by atoms with E-state index in [4.69, 9.17) is 0 Å². The Morgan fingerprint density at radius 3 is 2.56 bits per heavy atom. The fourth-order valence-corrected chi connectivity index (χ4v) is 2.17. The molecule has 1 N–H and O–H groups in total. The van der Waals surface area contributed by atoms with Gasteiger partial charge in [-0.2, -0.15) is 0 Å². The van der Waals surface area contributed by atoms with Crippen LogP contribution in [0.2, 0.25) is 0 Å². The number of H-pyrrole nitrogens is 1. The monoisotopic (exact) mass is 355 g/mol. The zero-order valence-corrected chi connectivity index (χ0v) is 12.2. The lowest BCUT2D eigenvalue weighted by Crippen LogP contribution is -2.26. The van der Waals surface area contributed by atoms with E-state index in [2.05, 4.69) is 56.8 Å². The second-order valence-corrected chi connectivity index (χ2v) is 4.84. The van der Waals surface area contributed by atoms with Crippen molar-refractivity contribution in [2.45, 2.75) is 11.0 Å². The van der Waals surface area contributed by atoms with Gasteiger partial charge in [-0.05, 0) is 11.1 Å². The van der Waals surface area contributed by atoms with Crippen LogP contribution in [0.3, 0.4) is 0 Å². The minimum absolute atomic E-state index is 0.0505. The maximum Gasteiger partial charge on any atom is 0.271 e. The van der Waals surface area contributed by atoms with Crippen LogP contribution in [-0.2, 0) is 11.0 Å². The number of nitrogens with one attached hydrogen (secondary N) is 1. The molecule has 0 saturated carbocycles. The maximum absolute atomic E-state index is 12.0. The molecule has 0 aliphatic heterocycles. The third-order valence-electron chi connectivity index (χ3n) is 2.67. The van der Waals surface area contributed by atoms with Gasteiger partial charge in [-0.3, -0.25) is 4.79 Å². The molecule has 1 amide bonds. The van der Waals surface area contributed by atoms with Crippen LogP contribution in [0.5, 0.6) is 0 Å². The molecule has 1 heterocycles. The van der Waals surface area contributed by atoms with Crippen LogP contribution in [0.15, 0.2) is 36.8 Å². The number of alkyl halides is 1. The van der Waals surface area contributed by atoms with E-state index in [-0.39, 0.29) is 5.91 Å². The van der Waals surface area contributed by atoms with Gasteiger partial charge in [0.15, 0.2) is 0 Å². The van der Waals surface area contributed by atoms with Gasteiger partial charge in [0.05, 0.1) is 12.5 Å². The highest BCUT2D eigenvalue weighted by Crippen LogP contribution is 2.10. The minimum atomic E-state index is -0.0505. The number of carbonyl (C=O) groups is 1. The highest BCUT2D eigenvalue weighted by molar-refractivity contribution is 14.1. The van der Waals surface area contributed by atoms with Gasteiger partial charge in [-0.25, -0.2) is 4.98 Å². The predicted molar refractivity (Wildman–Crippen MR) is 78.6 cm³/mol. The number of imidazole rings is 1. The van der Waals surface area contributed by atoms with Crippen LogP contribution in [0.1, 0.15) is 21.6 Å². The predicted octanol–water partition coefficient (Wildman–Crippen LogP) is 2.62. The molecule has 0 aliphatic carbocycles. The van der Waals surface area contributed by atoms with Crippen LogP contribution in [0.4, 0.5) is 0 Å². The quantitative estimate of drug-likeness (QED) is 0.677. The highest BCUT2D eigenvalue weighted by atomic mass is 127. The van der Waals surface area contributed by atoms with E-state index in [1.807, 2.05) is 0 Å². The van der Waals surface area contributed by atoms with Crippen molar-refractivity contribution in [3.05, 3.63) is 53.6 Å². The third-order valence-corrected chi connectivity index (χ3v) is 3.55. The van der Waals surface area contributed by atoms with Gasteiger partial charge in [-0.1, -0.05) is 46.9 Å². The van der Waals surface area contributed by atoms with Gasteiger partial charge in [0, 0.05) is 18.0 Å². The van der Waals surface area contributed by atoms with Crippen molar-refractivity contribution < 1.29 is 4.79 Å². The molecule has 0 fully saturated rings. The van der Waals surface area contributed by atoms with E-state index in [1.54, 1.807) is 11.9 Å². The van der Waals surface area contributed by atoms with E-state index >= 15 is 0 Å². The molecular formula is C13H14IN3O. The normalized spacial score (nSPS) is 10.3. The van der Waals surface area contributed by atoms with Gasteiger partial charge >= 0.3 is 0 Å². The number of aromatic amines is 1. The molecule has 5 heteroatoms. The first-order valence-electron chi connectivity index (χ1n) is 5.58. The molecule has 0 saturated heterocycles. The number of hydrogen-bond donors (Lipinski definition) is 1. The van der Waals surface area contributed by atoms with Crippen LogP contribution in [0.25, 0.3) is 0 Å². The molecular weight excluding hydrogens is 341 g/mol. The maximum atomic E-state index is 12.0. The molecule has 4 nitrogen and oxygen atoms in total. The Morgan fingerprint density at radius 2 is 2.00 bits per heavy atom. The summed E-state index contributed by atoms with van der Waals surface area (Å²) in [6, 6.07) is 8.31. The molecule has 1 aromatic heterocycles. The van der Waals surface area contributed by atoms with Crippen molar-refractivity contribution in [2.75, 3.05) is 7.05 Å². The second-order valence-electron chi connectivity index (χ2n) is 4.08. The highest BCUT2D eigenvalue weighted by Gasteiger charge is 2.12. The van der Waals surface area contributed by atoms with Crippen LogP contribution in [-0.4, -0.2) is 27.8 Å². The Labute approximate surface area is 120 Å². The van der Waals surface area contributed by atoms with Crippen molar-refractivity contribution >= 4 is 28.5 Å². The zero-order valence-electron chi connectivity index (χ0n) is 10.1. The Balaban J connectivity index is 2.02. The second kappa shape index (κ2) is 5.99. The van der Waals surface area contributed by atoms with Crippen molar-refractivity contribution in [2.24, 2.45) is 0 Å². The van der Waals surface area contributed by atoms with Crippen LogP contribution < -0.4 is 0 Å². The Bertz CT molecular complexity index is 508. The summed E-state index contributed by atoms with van der Waals surface area (Å²) in [5, 5.41) is 0. The van der Waals surface area contributed by atoms with E-state index < -0.39 is 0 Å². The Morgan fingerprint density at radius 1 is 1.33 bits per heavy atom. The Hall–Kier alpha value is -1.37. The van der Waals surface area contributed by atoms with Gasteiger partial charge in [0.1, 0.15) is 5.69 Å². The summed E-state index contributed by atoms with van der Waals surface area (Å²) < 4.78 is 1.00. The number of rotatable bonds is 4. The van der Waals surface area contributed by atoms with E-state index in [9.17, 15) is 4.79 Å². The molecule has 2 rings (SSSR count). The largest absolute Gasteiger partial charge is 0.341 e. The summed E-state index contributed by atoms with van der Waals surface area (Å²) in [6.07, 6.45) is 3.05. The lowest BCUT2D eigenvalue weighted by molar-refractivity contribution is 0.0780. The summed E-state index contributed by atoms with van der Waals surface area (Å²) >= 11 is 2.33. The van der Waals surface area contributed by atoms with E-state index in [0.717, 1.165) is 9.99 Å². The first kappa shape index (κ1) is 13.1. The zero-order chi connectivity index (χ0) is 13.0. The molecule has 18 heavy (non-hydrogen) atoms. The molecule has 0 unspecified atom stereocenters. The summed E-state index contributed by atoms with van der Waals surface area (Å²) in [7, 11) is 1.79. The van der Waals surface area contributed by atoms with Crippen LogP contribution in [0, 0.1) is 0 Å². The number of aromatic nitrogens is 2. The number of carbonyl (C=O) groups excluding carboxylic acids is 1. The van der Waals surface area contributed by atoms with Gasteiger partial charge < -0.3 is 9.88 Å². The molecule has 0 radical (unpaired) electrons. The molecule has 0 atom stereocenters. The average molecular weight is 355 g/mol. The SMILES string of the molecule is CN(Cc1ccc(CI)cc1)C(=O)c1cnc[nH]1. The lowest BCUT2D eigenvalue weighted by Gasteiger charge is -2.16. The molecule has 1 aromatic carbocycles. The summed E-state index contributed by atoms with van der Waals surface area (Å²) in [5.41, 5.74) is 2.93. The van der Waals surface area contributed by atoms with Crippen molar-refractivity contribution in [1.29, 1.82) is 0 Å². The van der Waals surface area contributed by atoms with Crippen LogP contribution >= 0.6 is 22.6 Å². The molecule has 2 aromatic rings. The smallest absolute Gasteiger partial charge is 0.271 e. The number of hydrogen-bond acceptors (Lipinski definition) is 2. The summed E-state index contributed by atoms with van der Waals surface area (Å²) in [4.78, 5) is 20.3. The van der Waals surface area contributed by atoms with Crippen molar-refractivity contribution in [3.63, 3.8) is 0 Å². The first-order chi connectivity index (χ1) is 8.70. The van der Waals surface area contributed by atoms with Gasteiger partial charge in [-0.15, -0.1) is 0 Å². The fraction of sp³-hybridized carbons (Fsp3) is 0.231. The number of amides is 1. The third kappa shape index (κ3) is 3.10. The molecule has 0 bridgehead atoms. The number of benzene rings is 1. The minimum Gasteiger partial charge on any atom is -0.341 e. The average Bonchev–Trinajstić information content (AvgIpc) is 2.92. The van der Waals surface area contributed by atoms with Crippen molar-refractivity contribution in [3.8, 4) is 0 Å². The van der Waals surface area contributed by atoms with Crippen molar-refractivity contribution in [1.82, 2.24) is 14.9 Å². The summed E-state index contributed by atoms with van der Waals surface area (Å²) in [5.74, 6) is -0.0505. The lowest BCUT2D eigenvalue weighted by atomic mass is 10.1.